The van der Waals surface area contributed by atoms with Crippen LogP contribution in [0.15, 0.2) is 78.9 Å². The largest absolute Gasteiger partial charge is 0.507 e. The molecule has 0 unspecified atom stereocenters. The molecular formula is C21H14O2. The van der Waals surface area contributed by atoms with Gasteiger partial charge in [-0.1, -0.05) is 66.7 Å². The maximum Gasteiger partial charge on any atom is 0.196 e. The molecule has 0 aliphatic carbocycles. The third-order valence-corrected chi connectivity index (χ3v) is 4.14. The molecule has 0 saturated carbocycles. The van der Waals surface area contributed by atoms with Crippen molar-refractivity contribution in [1.29, 1.82) is 0 Å². The average Bonchev–Trinajstić information content (AvgIpc) is 2.61. The van der Waals surface area contributed by atoms with Gasteiger partial charge in [0.15, 0.2) is 5.78 Å². The van der Waals surface area contributed by atoms with Crippen molar-refractivity contribution in [3.63, 3.8) is 0 Å². The van der Waals surface area contributed by atoms with Gasteiger partial charge in [0.1, 0.15) is 5.75 Å². The van der Waals surface area contributed by atoms with Gasteiger partial charge in [-0.05, 0) is 33.7 Å². The Bertz CT molecular complexity index is 1030. The summed E-state index contributed by atoms with van der Waals surface area (Å²) in [5.74, 6) is -0.152. The number of rotatable bonds is 2. The van der Waals surface area contributed by atoms with Crippen LogP contribution < -0.4 is 0 Å². The lowest BCUT2D eigenvalue weighted by Crippen LogP contribution is -2.01. The summed E-state index contributed by atoms with van der Waals surface area (Å²) in [6.45, 7) is 0. The zero-order valence-corrected chi connectivity index (χ0v) is 12.4. The number of carbonyl (C=O) groups excluding carboxylic acids is 1. The Labute approximate surface area is 133 Å². The van der Waals surface area contributed by atoms with Crippen molar-refractivity contribution >= 4 is 27.3 Å². The molecule has 4 aromatic carbocycles. The second-order valence-corrected chi connectivity index (χ2v) is 5.57. The first-order chi connectivity index (χ1) is 11.2. The quantitative estimate of drug-likeness (QED) is 0.421. The van der Waals surface area contributed by atoms with Gasteiger partial charge in [-0.25, -0.2) is 0 Å². The molecule has 0 atom stereocenters. The van der Waals surface area contributed by atoms with E-state index in [1.807, 2.05) is 54.6 Å². The van der Waals surface area contributed by atoms with E-state index in [-0.39, 0.29) is 11.5 Å². The lowest BCUT2D eigenvalue weighted by Gasteiger charge is -2.09. The molecule has 4 rings (SSSR count). The zero-order chi connectivity index (χ0) is 15.8. The third kappa shape index (κ3) is 2.25. The van der Waals surface area contributed by atoms with Crippen molar-refractivity contribution in [2.24, 2.45) is 0 Å². The summed E-state index contributed by atoms with van der Waals surface area (Å²) in [6, 6.07) is 24.5. The molecule has 4 aromatic rings. The molecule has 0 aliphatic heterocycles. The Balaban J connectivity index is 1.94. The topological polar surface area (TPSA) is 37.3 Å². The highest BCUT2D eigenvalue weighted by atomic mass is 16.3. The summed E-state index contributed by atoms with van der Waals surface area (Å²) in [6.07, 6.45) is 0. The molecule has 0 radical (unpaired) electrons. The minimum absolute atomic E-state index is 0.0164. The first-order valence-corrected chi connectivity index (χ1v) is 7.48. The Morgan fingerprint density at radius 2 is 1.39 bits per heavy atom. The predicted molar refractivity (Wildman–Crippen MR) is 93.0 cm³/mol. The van der Waals surface area contributed by atoms with E-state index in [0.717, 1.165) is 21.5 Å². The van der Waals surface area contributed by atoms with Crippen LogP contribution in [0.3, 0.4) is 0 Å². The van der Waals surface area contributed by atoms with Crippen LogP contribution in [-0.2, 0) is 0 Å². The minimum atomic E-state index is -0.168. The number of fused-ring (bicyclic) bond motifs is 3. The molecule has 0 bridgehead atoms. The highest BCUT2D eigenvalue weighted by molar-refractivity contribution is 6.15. The van der Waals surface area contributed by atoms with E-state index in [0.29, 0.717) is 11.1 Å². The molecule has 110 valence electrons. The normalized spacial score (nSPS) is 11.0. The maximum atomic E-state index is 12.6. The summed E-state index contributed by atoms with van der Waals surface area (Å²) < 4.78 is 0. The van der Waals surface area contributed by atoms with Crippen molar-refractivity contribution in [3.05, 3.63) is 90.0 Å². The monoisotopic (exact) mass is 298 g/mol. The smallest absolute Gasteiger partial charge is 0.196 e. The number of hydrogen-bond acceptors (Lipinski definition) is 2. The second-order valence-electron chi connectivity index (χ2n) is 5.57. The van der Waals surface area contributed by atoms with E-state index in [2.05, 4.69) is 0 Å². The zero-order valence-electron chi connectivity index (χ0n) is 12.4. The summed E-state index contributed by atoms with van der Waals surface area (Å²) in [5.41, 5.74) is 0.905. The first-order valence-electron chi connectivity index (χ1n) is 7.48. The molecule has 2 heteroatoms. The second kappa shape index (κ2) is 5.25. The molecule has 2 nitrogen and oxygen atoms in total. The molecular weight excluding hydrogens is 284 g/mol. The summed E-state index contributed by atoms with van der Waals surface area (Å²) in [5, 5.41) is 14.5. The lowest BCUT2D eigenvalue weighted by atomic mass is 9.96. The van der Waals surface area contributed by atoms with Crippen LogP contribution in [0.1, 0.15) is 15.9 Å². The van der Waals surface area contributed by atoms with E-state index in [9.17, 15) is 9.90 Å². The predicted octanol–water partition coefficient (Wildman–Crippen LogP) is 4.93. The Kier molecular flexibility index (Phi) is 3.09. The van der Waals surface area contributed by atoms with Gasteiger partial charge in [0.2, 0.25) is 0 Å². The van der Waals surface area contributed by atoms with Crippen molar-refractivity contribution in [2.45, 2.75) is 0 Å². The maximum absolute atomic E-state index is 12.6. The van der Waals surface area contributed by atoms with E-state index in [1.54, 1.807) is 24.3 Å². The van der Waals surface area contributed by atoms with E-state index in [1.165, 1.54) is 0 Å². The van der Waals surface area contributed by atoms with Crippen LogP contribution in [0, 0.1) is 0 Å². The molecule has 0 fully saturated rings. The van der Waals surface area contributed by atoms with Crippen LogP contribution >= 0.6 is 0 Å². The van der Waals surface area contributed by atoms with Crippen LogP contribution in [-0.4, -0.2) is 10.9 Å². The molecule has 0 aliphatic rings. The van der Waals surface area contributed by atoms with Crippen molar-refractivity contribution in [1.82, 2.24) is 0 Å². The number of aromatic hydroxyl groups is 1. The van der Waals surface area contributed by atoms with Gasteiger partial charge in [-0.3, -0.25) is 4.79 Å². The van der Waals surface area contributed by atoms with Crippen molar-refractivity contribution in [3.8, 4) is 5.75 Å². The average molecular weight is 298 g/mol. The first kappa shape index (κ1) is 13.5. The Hall–Kier alpha value is -3.13. The SMILES string of the molecule is O=C(c1ccccc1)c1cc2ccc3ccccc3c2cc1O. The van der Waals surface area contributed by atoms with Crippen molar-refractivity contribution in [2.75, 3.05) is 0 Å². The number of hydrogen-bond donors (Lipinski definition) is 1. The molecule has 23 heavy (non-hydrogen) atoms. The molecule has 0 saturated heterocycles. The van der Waals surface area contributed by atoms with Gasteiger partial charge in [0.25, 0.3) is 0 Å². The van der Waals surface area contributed by atoms with E-state index >= 15 is 0 Å². The third-order valence-electron chi connectivity index (χ3n) is 4.14. The van der Waals surface area contributed by atoms with Crippen LogP contribution in [0.2, 0.25) is 0 Å². The van der Waals surface area contributed by atoms with Gasteiger partial charge in [0, 0.05) is 5.56 Å². The van der Waals surface area contributed by atoms with Gasteiger partial charge < -0.3 is 5.11 Å². The number of carbonyl (C=O) groups is 1. The lowest BCUT2D eigenvalue weighted by molar-refractivity contribution is 0.103. The number of phenols is 1. The van der Waals surface area contributed by atoms with Crippen LogP contribution in [0.5, 0.6) is 5.75 Å². The number of ketones is 1. The molecule has 0 aromatic heterocycles. The summed E-state index contributed by atoms with van der Waals surface area (Å²) in [4.78, 5) is 12.6. The highest BCUT2D eigenvalue weighted by Crippen LogP contribution is 2.32. The summed E-state index contributed by atoms with van der Waals surface area (Å²) in [7, 11) is 0. The minimum Gasteiger partial charge on any atom is -0.507 e. The van der Waals surface area contributed by atoms with Crippen LogP contribution in [0.25, 0.3) is 21.5 Å². The number of phenolic OH excluding ortho intramolecular Hbond substituents is 1. The van der Waals surface area contributed by atoms with E-state index < -0.39 is 0 Å². The Morgan fingerprint density at radius 3 is 2.22 bits per heavy atom. The highest BCUT2D eigenvalue weighted by Gasteiger charge is 2.15. The van der Waals surface area contributed by atoms with E-state index in [4.69, 9.17) is 0 Å². The van der Waals surface area contributed by atoms with Gasteiger partial charge >= 0.3 is 0 Å². The number of benzene rings is 4. The molecule has 0 spiro atoms. The fourth-order valence-corrected chi connectivity index (χ4v) is 2.97. The van der Waals surface area contributed by atoms with Gasteiger partial charge in [-0.15, -0.1) is 0 Å². The molecule has 1 N–H and O–H groups in total. The molecule has 0 amide bonds. The van der Waals surface area contributed by atoms with Crippen molar-refractivity contribution < 1.29 is 9.90 Å². The fourth-order valence-electron chi connectivity index (χ4n) is 2.97. The summed E-state index contributed by atoms with van der Waals surface area (Å²) >= 11 is 0. The Morgan fingerprint density at radius 1 is 0.696 bits per heavy atom. The fraction of sp³-hybridized carbons (Fsp3) is 0. The molecule has 0 heterocycles. The standard InChI is InChI=1S/C21H14O2/c22-20-13-18-16(11-10-14-6-4-5-9-17(14)18)12-19(20)21(23)15-7-2-1-3-8-15/h1-13,22H. The van der Waals surface area contributed by atoms with Gasteiger partial charge in [0.05, 0.1) is 5.56 Å². The van der Waals surface area contributed by atoms with Gasteiger partial charge in [-0.2, -0.15) is 0 Å². The van der Waals surface area contributed by atoms with Crippen LogP contribution in [0.4, 0.5) is 0 Å².